The van der Waals surface area contributed by atoms with Gasteiger partial charge in [-0.2, -0.15) is 15.5 Å². The smallest absolute Gasteiger partial charge is 0.251 e. The molecule has 1 unspecified atom stereocenters. The number of fused-ring (bicyclic) bond motifs is 2. The molecule has 0 aromatic heterocycles. The number of carbonyl (C=O) groups is 1. The average Bonchev–Trinajstić information content (AvgIpc) is 2.63. The van der Waals surface area contributed by atoms with E-state index >= 15 is 0 Å². The summed E-state index contributed by atoms with van der Waals surface area (Å²) in [6, 6.07) is 15.5. The van der Waals surface area contributed by atoms with Crippen molar-refractivity contribution in [1.82, 2.24) is 5.32 Å². The lowest BCUT2D eigenvalue weighted by atomic mass is 9.99. The molecular formula is C20H20N4O. The number of carbonyl (C=O) groups excluding carboxylic acids is 1. The summed E-state index contributed by atoms with van der Waals surface area (Å²) >= 11 is 0. The largest absolute Gasteiger partial charge is 0.348 e. The molecule has 0 saturated heterocycles. The standard InChI is InChI=1S/C20H20N4O/c1-2-17(11-12-21)22-20(25)16-9-10-19-15(13-16)8-7-14-5-3-4-6-18(14)23-24-19/h3-6,9-10,13,17H,2,7-8,11H2,1H3,(H,22,25)/b24-23-. The predicted octanol–water partition coefficient (Wildman–Crippen LogP) is 4.62. The Morgan fingerprint density at radius 3 is 2.64 bits per heavy atom. The molecule has 0 fully saturated rings. The van der Waals surface area contributed by atoms with Crippen molar-refractivity contribution in [2.24, 2.45) is 10.2 Å². The first-order valence-electron chi connectivity index (χ1n) is 8.51. The van der Waals surface area contributed by atoms with Crippen LogP contribution >= 0.6 is 0 Å². The first-order valence-corrected chi connectivity index (χ1v) is 8.51. The van der Waals surface area contributed by atoms with E-state index in [9.17, 15) is 4.79 Å². The van der Waals surface area contributed by atoms with Crippen molar-refractivity contribution < 1.29 is 4.79 Å². The van der Waals surface area contributed by atoms with Crippen molar-refractivity contribution in [2.45, 2.75) is 38.6 Å². The summed E-state index contributed by atoms with van der Waals surface area (Å²) in [6.07, 6.45) is 2.72. The molecule has 1 atom stereocenters. The second-order valence-corrected chi connectivity index (χ2v) is 6.11. The van der Waals surface area contributed by atoms with Crippen LogP contribution in [0.3, 0.4) is 0 Å². The van der Waals surface area contributed by atoms with Crippen LogP contribution in [0.15, 0.2) is 52.7 Å². The lowest BCUT2D eigenvalue weighted by Gasteiger charge is -2.15. The Balaban J connectivity index is 1.83. The van der Waals surface area contributed by atoms with Gasteiger partial charge in [0.15, 0.2) is 0 Å². The highest BCUT2D eigenvalue weighted by atomic mass is 16.1. The van der Waals surface area contributed by atoms with Crippen molar-refractivity contribution in [2.75, 3.05) is 0 Å². The van der Waals surface area contributed by atoms with Crippen LogP contribution in [0.5, 0.6) is 0 Å². The fourth-order valence-corrected chi connectivity index (χ4v) is 2.90. The molecule has 0 spiro atoms. The van der Waals surface area contributed by atoms with Crippen LogP contribution in [-0.4, -0.2) is 11.9 Å². The zero-order valence-corrected chi connectivity index (χ0v) is 14.2. The molecule has 126 valence electrons. The molecule has 1 heterocycles. The SMILES string of the molecule is CCC(CC#N)NC(=O)c1ccc2c(c1)CCc1ccccc1/N=N\2. The zero-order valence-electron chi connectivity index (χ0n) is 14.2. The van der Waals surface area contributed by atoms with E-state index in [0.29, 0.717) is 12.0 Å². The van der Waals surface area contributed by atoms with E-state index in [2.05, 4.69) is 27.7 Å². The maximum atomic E-state index is 12.5. The van der Waals surface area contributed by atoms with E-state index in [1.165, 1.54) is 0 Å². The molecule has 0 saturated carbocycles. The van der Waals surface area contributed by atoms with Crippen LogP contribution in [0, 0.1) is 11.3 Å². The Kier molecular flexibility index (Phi) is 5.20. The average molecular weight is 332 g/mol. The van der Waals surface area contributed by atoms with Crippen LogP contribution < -0.4 is 5.32 Å². The second kappa shape index (κ2) is 7.71. The Labute approximate surface area is 147 Å². The van der Waals surface area contributed by atoms with Gasteiger partial charge in [-0.05, 0) is 54.7 Å². The third-order valence-corrected chi connectivity index (χ3v) is 4.43. The van der Waals surface area contributed by atoms with Gasteiger partial charge in [0.1, 0.15) is 0 Å². The summed E-state index contributed by atoms with van der Waals surface area (Å²) in [4.78, 5) is 12.5. The molecular weight excluding hydrogens is 312 g/mol. The van der Waals surface area contributed by atoms with Gasteiger partial charge in [-0.1, -0.05) is 25.1 Å². The van der Waals surface area contributed by atoms with Gasteiger partial charge in [-0.25, -0.2) is 0 Å². The number of nitriles is 1. The Bertz CT molecular complexity index is 851. The van der Waals surface area contributed by atoms with Gasteiger partial charge in [0.25, 0.3) is 5.91 Å². The predicted molar refractivity (Wildman–Crippen MR) is 96.2 cm³/mol. The van der Waals surface area contributed by atoms with Crippen molar-refractivity contribution in [3.8, 4) is 6.07 Å². The molecule has 1 N–H and O–H groups in total. The molecule has 0 radical (unpaired) electrons. The number of nitrogens with zero attached hydrogens (tertiary/aromatic N) is 3. The second-order valence-electron chi connectivity index (χ2n) is 6.11. The minimum absolute atomic E-state index is 0.119. The van der Waals surface area contributed by atoms with Crippen molar-refractivity contribution in [1.29, 1.82) is 5.26 Å². The molecule has 5 nitrogen and oxygen atoms in total. The molecule has 1 aliphatic heterocycles. The first kappa shape index (κ1) is 16.8. The van der Waals surface area contributed by atoms with Gasteiger partial charge < -0.3 is 5.32 Å². The zero-order chi connectivity index (χ0) is 17.6. The summed E-state index contributed by atoms with van der Waals surface area (Å²) in [5.41, 5.74) is 4.47. The normalized spacial score (nSPS) is 14.9. The van der Waals surface area contributed by atoms with Crippen LogP contribution in [0.1, 0.15) is 41.3 Å². The molecule has 1 aliphatic rings. The van der Waals surface area contributed by atoms with Crippen LogP contribution in [0.4, 0.5) is 11.4 Å². The number of hydrogen-bond donors (Lipinski definition) is 1. The Hall–Kier alpha value is -3.00. The molecule has 1 amide bonds. The van der Waals surface area contributed by atoms with Crippen molar-refractivity contribution in [3.63, 3.8) is 0 Å². The highest BCUT2D eigenvalue weighted by Crippen LogP contribution is 2.30. The first-order chi connectivity index (χ1) is 12.2. The van der Waals surface area contributed by atoms with Crippen LogP contribution in [0.25, 0.3) is 0 Å². The van der Waals surface area contributed by atoms with Gasteiger partial charge in [0.05, 0.1) is 23.9 Å². The number of amides is 1. The van der Waals surface area contributed by atoms with Gasteiger partial charge in [-0.3, -0.25) is 4.79 Å². The van der Waals surface area contributed by atoms with E-state index in [0.717, 1.165) is 41.8 Å². The van der Waals surface area contributed by atoms with E-state index in [1.54, 1.807) is 6.07 Å². The van der Waals surface area contributed by atoms with Crippen LogP contribution in [0.2, 0.25) is 0 Å². The maximum absolute atomic E-state index is 12.5. The summed E-state index contributed by atoms with van der Waals surface area (Å²) < 4.78 is 0. The molecule has 3 rings (SSSR count). The third kappa shape index (κ3) is 3.92. The molecule has 2 aromatic rings. The van der Waals surface area contributed by atoms with Crippen molar-refractivity contribution >= 4 is 17.3 Å². The summed E-state index contributed by atoms with van der Waals surface area (Å²) in [6.45, 7) is 1.96. The minimum atomic E-state index is -0.149. The summed E-state index contributed by atoms with van der Waals surface area (Å²) in [7, 11) is 0. The summed E-state index contributed by atoms with van der Waals surface area (Å²) in [5.74, 6) is -0.149. The fourth-order valence-electron chi connectivity index (χ4n) is 2.90. The van der Waals surface area contributed by atoms with Gasteiger partial charge in [-0.15, -0.1) is 0 Å². The lowest BCUT2D eigenvalue weighted by molar-refractivity contribution is 0.0936. The van der Waals surface area contributed by atoms with E-state index in [4.69, 9.17) is 5.26 Å². The van der Waals surface area contributed by atoms with E-state index in [1.807, 2.05) is 37.3 Å². The lowest BCUT2D eigenvalue weighted by Crippen LogP contribution is -2.34. The molecule has 0 aliphatic carbocycles. The molecule has 2 aromatic carbocycles. The van der Waals surface area contributed by atoms with E-state index < -0.39 is 0 Å². The quantitative estimate of drug-likeness (QED) is 0.886. The third-order valence-electron chi connectivity index (χ3n) is 4.43. The monoisotopic (exact) mass is 332 g/mol. The topological polar surface area (TPSA) is 77.6 Å². The number of nitrogens with one attached hydrogen (secondary N) is 1. The van der Waals surface area contributed by atoms with Crippen LogP contribution in [-0.2, 0) is 12.8 Å². The summed E-state index contributed by atoms with van der Waals surface area (Å²) in [5, 5.41) is 20.4. The Morgan fingerprint density at radius 1 is 1.16 bits per heavy atom. The van der Waals surface area contributed by atoms with Gasteiger partial charge in [0, 0.05) is 11.6 Å². The highest BCUT2D eigenvalue weighted by molar-refractivity contribution is 5.95. The maximum Gasteiger partial charge on any atom is 0.251 e. The molecule has 5 heteroatoms. The number of rotatable bonds is 4. The highest BCUT2D eigenvalue weighted by Gasteiger charge is 2.15. The molecule has 25 heavy (non-hydrogen) atoms. The number of aryl methyl sites for hydroxylation is 2. The number of azo groups is 1. The minimum Gasteiger partial charge on any atom is -0.348 e. The van der Waals surface area contributed by atoms with E-state index in [-0.39, 0.29) is 11.9 Å². The fraction of sp³-hybridized carbons (Fsp3) is 0.300. The number of hydrogen-bond acceptors (Lipinski definition) is 4. The molecule has 0 bridgehead atoms. The van der Waals surface area contributed by atoms with Gasteiger partial charge >= 0.3 is 0 Å². The Morgan fingerprint density at radius 2 is 1.88 bits per heavy atom. The van der Waals surface area contributed by atoms with Crippen molar-refractivity contribution in [3.05, 3.63) is 59.2 Å². The number of benzene rings is 2. The van der Waals surface area contributed by atoms with Gasteiger partial charge in [0.2, 0.25) is 0 Å².